The molecule has 0 atom stereocenters. The van der Waals surface area contributed by atoms with Crippen LogP contribution in [0.15, 0.2) is 36.4 Å². The van der Waals surface area contributed by atoms with E-state index in [1.54, 1.807) is 6.07 Å². The molecular weight excluding hydrogens is 292 g/mol. The number of rotatable bonds is 7. The van der Waals surface area contributed by atoms with E-state index in [9.17, 15) is 5.11 Å². The average Bonchev–Trinajstić information content (AvgIpc) is 2.46. The summed E-state index contributed by atoms with van der Waals surface area (Å²) >= 11 is 1.48. The predicted molar refractivity (Wildman–Crippen MR) is 96.6 cm³/mol. The van der Waals surface area contributed by atoms with E-state index < -0.39 is 0 Å². The van der Waals surface area contributed by atoms with Crippen LogP contribution >= 0.6 is 11.9 Å². The van der Waals surface area contributed by atoms with Gasteiger partial charge >= 0.3 is 0 Å². The van der Waals surface area contributed by atoms with Crippen LogP contribution < -0.4 is 10.0 Å². The Balaban J connectivity index is 1.84. The predicted octanol–water partition coefficient (Wildman–Crippen LogP) is 4.03. The molecule has 118 valence electrons. The summed E-state index contributed by atoms with van der Waals surface area (Å²) in [6, 6.07) is 12.4. The van der Waals surface area contributed by atoms with Gasteiger partial charge in [0.25, 0.3) is 0 Å². The summed E-state index contributed by atoms with van der Waals surface area (Å²) in [7, 11) is 0. The van der Waals surface area contributed by atoms with Gasteiger partial charge in [0, 0.05) is 12.8 Å². The monoisotopic (exact) mass is 316 g/mol. The Morgan fingerprint density at radius 1 is 1.00 bits per heavy atom. The molecule has 4 heteroatoms. The van der Waals surface area contributed by atoms with E-state index in [1.165, 1.54) is 34.2 Å². The van der Waals surface area contributed by atoms with Crippen LogP contribution in [-0.4, -0.2) is 17.9 Å². The Hall–Kier alpha value is -1.65. The van der Waals surface area contributed by atoms with E-state index in [1.807, 2.05) is 18.4 Å². The van der Waals surface area contributed by atoms with E-state index in [0.717, 1.165) is 25.2 Å². The maximum atomic E-state index is 9.75. The number of nitrogens with one attached hydrogen (secondary N) is 2. The van der Waals surface area contributed by atoms with Crippen LogP contribution in [0, 0.1) is 13.8 Å². The third-order valence-electron chi connectivity index (χ3n) is 3.47. The highest BCUT2D eigenvalue weighted by atomic mass is 32.2. The maximum Gasteiger partial charge on any atom is 0.139 e. The van der Waals surface area contributed by atoms with Crippen molar-refractivity contribution in [2.45, 2.75) is 26.8 Å². The Kier molecular flexibility index (Phi) is 6.16. The second-order valence-corrected chi connectivity index (χ2v) is 6.19. The number of benzene rings is 2. The molecule has 0 saturated carbocycles. The van der Waals surface area contributed by atoms with Gasteiger partial charge in [0.05, 0.1) is 5.69 Å². The number of phenolic OH excluding ortho intramolecular Hbond substituents is 1. The van der Waals surface area contributed by atoms with Gasteiger partial charge in [-0.3, -0.25) is 0 Å². The molecule has 22 heavy (non-hydrogen) atoms. The number of phenols is 1. The molecule has 0 amide bonds. The van der Waals surface area contributed by atoms with Gasteiger partial charge in [-0.2, -0.15) is 0 Å². The summed E-state index contributed by atoms with van der Waals surface area (Å²) in [6.45, 7) is 6.06. The molecule has 0 aliphatic carbocycles. The molecule has 0 unspecified atom stereocenters. The largest absolute Gasteiger partial charge is 0.506 e. The Labute approximate surface area is 137 Å². The second-order valence-electron chi connectivity index (χ2n) is 5.58. The van der Waals surface area contributed by atoms with Crippen molar-refractivity contribution < 1.29 is 5.11 Å². The van der Waals surface area contributed by atoms with Crippen LogP contribution in [0.2, 0.25) is 0 Å². The van der Waals surface area contributed by atoms with E-state index in [0.29, 0.717) is 5.75 Å². The molecule has 0 radical (unpaired) electrons. The SMILES string of the molecule is CSNc1cc(CCNCc2cc(C)cc(C)c2)ccc1O. The van der Waals surface area contributed by atoms with Gasteiger partial charge in [0.2, 0.25) is 0 Å². The molecule has 0 aliphatic rings. The number of aryl methyl sites for hydroxylation is 2. The van der Waals surface area contributed by atoms with Gasteiger partial charge in [-0.1, -0.05) is 47.3 Å². The van der Waals surface area contributed by atoms with Crippen LogP contribution in [0.1, 0.15) is 22.3 Å². The molecule has 0 aromatic heterocycles. The average molecular weight is 316 g/mol. The molecule has 2 rings (SSSR count). The zero-order valence-corrected chi connectivity index (χ0v) is 14.3. The van der Waals surface area contributed by atoms with Crippen LogP contribution in [0.25, 0.3) is 0 Å². The first-order chi connectivity index (χ1) is 10.6. The fourth-order valence-corrected chi connectivity index (χ4v) is 2.95. The fourth-order valence-electron chi connectivity index (χ4n) is 2.57. The van der Waals surface area contributed by atoms with Gasteiger partial charge in [-0.05, 0) is 50.1 Å². The minimum Gasteiger partial charge on any atom is -0.506 e. The Morgan fingerprint density at radius 2 is 1.73 bits per heavy atom. The highest BCUT2D eigenvalue weighted by molar-refractivity contribution is 7.99. The molecule has 0 fully saturated rings. The van der Waals surface area contributed by atoms with Crippen LogP contribution in [-0.2, 0) is 13.0 Å². The quantitative estimate of drug-likeness (QED) is 0.410. The zero-order valence-electron chi connectivity index (χ0n) is 13.4. The van der Waals surface area contributed by atoms with Gasteiger partial charge in [-0.15, -0.1) is 0 Å². The lowest BCUT2D eigenvalue weighted by atomic mass is 10.1. The van der Waals surface area contributed by atoms with Gasteiger partial charge in [-0.25, -0.2) is 0 Å². The zero-order chi connectivity index (χ0) is 15.9. The topological polar surface area (TPSA) is 44.3 Å². The van der Waals surface area contributed by atoms with Crippen LogP contribution in [0.5, 0.6) is 5.75 Å². The summed E-state index contributed by atoms with van der Waals surface area (Å²) in [4.78, 5) is 0. The lowest BCUT2D eigenvalue weighted by Crippen LogP contribution is -2.16. The Bertz CT molecular complexity index is 608. The third-order valence-corrected chi connectivity index (χ3v) is 3.90. The molecule has 0 heterocycles. The van der Waals surface area contributed by atoms with Crippen molar-refractivity contribution in [2.24, 2.45) is 0 Å². The third kappa shape index (κ3) is 4.97. The number of hydrogen-bond donors (Lipinski definition) is 3. The first-order valence-corrected chi connectivity index (χ1v) is 8.70. The van der Waals surface area contributed by atoms with E-state index >= 15 is 0 Å². The summed E-state index contributed by atoms with van der Waals surface area (Å²) in [6.07, 6.45) is 2.88. The number of hydrogen-bond acceptors (Lipinski definition) is 4. The highest BCUT2D eigenvalue weighted by Crippen LogP contribution is 2.26. The first-order valence-electron chi connectivity index (χ1n) is 7.47. The smallest absolute Gasteiger partial charge is 0.139 e. The molecule has 2 aromatic carbocycles. The van der Waals surface area contributed by atoms with Crippen molar-refractivity contribution in [3.05, 3.63) is 58.7 Å². The molecule has 0 bridgehead atoms. The normalized spacial score (nSPS) is 10.7. The molecule has 2 aromatic rings. The van der Waals surface area contributed by atoms with Crippen molar-refractivity contribution in [1.82, 2.24) is 5.32 Å². The summed E-state index contributed by atoms with van der Waals surface area (Å²) < 4.78 is 3.09. The van der Waals surface area contributed by atoms with Crippen LogP contribution in [0.4, 0.5) is 5.69 Å². The second kappa shape index (κ2) is 8.11. The van der Waals surface area contributed by atoms with E-state index in [4.69, 9.17) is 0 Å². The molecule has 0 saturated heterocycles. The number of anilines is 1. The molecule has 0 aliphatic heterocycles. The first kappa shape index (κ1) is 16.7. The van der Waals surface area contributed by atoms with Gasteiger partial charge < -0.3 is 15.1 Å². The Morgan fingerprint density at radius 3 is 2.41 bits per heavy atom. The molecule has 0 spiro atoms. The summed E-state index contributed by atoms with van der Waals surface area (Å²) in [5.74, 6) is 0.293. The standard InChI is InChI=1S/C18H24N2OS/c1-13-8-14(2)10-16(9-13)12-19-7-6-15-4-5-18(21)17(11-15)20-22-3/h4-5,8-11,19-21H,6-7,12H2,1-3H3. The van der Waals surface area contributed by atoms with Crippen LogP contribution in [0.3, 0.4) is 0 Å². The molecular formula is C18H24N2OS. The molecule has 3 nitrogen and oxygen atoms in total. The molecule has 3 N–H and O–H groups in total. The van der Waals surface area contributed by atoms with E-state index in [2.05, 4.69) is 42.1 Å². The van der Waals surface area contributed by atoms with Crippen molar-refractivity contribution in [1.29, 1.82) is 0 Å². The maximum absolute atomic E-state index is 9.75. The van der Waals surface area contributed by atoms with Crippen molar-refractivity contribution in [3.63, 3.8) is 0 Å². The summed E-state index contributed by atoms with van der Waals surface area (Å²) in [5.41, 5.74) is 5.93. The van der Waals surface area contributed by atoms with Gasteiger partial charge in [0.1, 0.15) is 5.75 Å². The minimum atomic E-state index is 0.293. The van der Waals surface area contributed by atoms with Gasteiger partial charge in [0.15, 0.2) is 0 Å². The highest BCUT2D eigenvalue weighted by Gasteiger charge is 2.02. The van der Waals surface area contributed by atoms with Crippen molar-refractivity contribution in [3.8, 4) is 5.75 Å². The number of aromatic hydroxyl groups is 1. The lowest BCUT2D eigenvalue weighted by Gasteiger charge is -2.10. The van der Waals surface area contributed by atoms with Crippen molar-refractivity contribution in [2.75, 3.05) is 17.5 Å². The van der Waals surface area contributed by atoms with E-state index in [-0.39, 0.29) is 0 Å². The lowest BCUT2D eigenvalue weighted by molar-refractivity contribution is 0.478. The fraction of sp³-hybridized carbons (Fsp3) is 0.333. The summed E-state index contributed by atoms with van der Waals surface area (Å²) in [5, 5.41) is 13.2. The van der Waals surface area contributed by atoms with Crippen molar-refractivity contribution >= 4 is 17.6 Å². The minimum absolute atomic E-state index is 0.293.